The van der Waals surface area contributed by atoms with Crippen LogP contribution in [-0.2, 0) is 6.54 Å². The van der Waals surface area contributed by atoms with E-state index in [1.807, 2.05) is 32.0 Å². The van der Waals surface area contributed by atoms with Crippen LogP contribution in [-0.4, -0.2) is 22.2 Å². The second-order valence-electron chi connectivity index (χ2n) is 5.53. The highest BCUT2D eigenvalue weighted by molar-refractivity contribution is 5.85. The SMILES string of the molecule is COc1cccc2c1[nH]c(=O)n2CCCC(C)(C)N.Cl. The molecule has 2 aromatic rings. The summed E-state index contributed by atoms with van der Waals surface area (Å²) >= 11 is 0. The summed E-state index contributed by atoms with van der Waals surface area (Å²) in [6.07, 6.45) is 1.74. The number of methoxy groups -OCH3 is 1. The van der Waals surface area contributed by atoms with E-state index in [2.05, 4.69) is 4.98 Å². The molecule has 0 saturated carbocycles. The summed E-state index contributed by atoms with van der Waals surface area (Å²) in [6.45, 7) is 4.65. The van der Waals surface area contributed by atoms with Crippen molar-refractivity contribution in [3.8, 4) is 5.75 Å². The van der Waals surface area contributed by atoms with E-state index in [-0.39, 0.29) is 23.6 Å². The van der Waals surface area contributed by atoms with Crippen LogP contribution in [0.1, 0.15) is 26.7 Å². The van der Waals surface area contributed by atoms with E-state index in [0.29, 0.717) is 12.3 Å². The zero-order chi connectivity index (χ0) is 14.0. The number of H-pyrrole nitrogens is 1. The van der Waals surface area contributed by atoms with Crippen molar-refractivity contribution in [2.24, 2.45) is 5.73 Å². The zero-order valence-corrected chi connectivity index (χ0v) is 12.9. The number of aromatic nitrogens is 2. The molecule has 5 nitrogen and oxygen atoms in total. The molecule has 1 heterocycles. The molecule has 0 spiro atoms. The van der Waals surface area contributed by atoms with Crippen molar-refractivity contribution >= 4 is 23.4 Å². The fourth-order valence-corrected chi connectivity index (χ4v) is 2.24. The van der Waals surface area contributed by atoms with Crippen molar-refractivity contribution in [1.82, 2.24) is 9.55 Å². The van der Waals surface area contributed by atoms with Gasteiger partial charge in [0.1, 0.15) is 11.3 Å². The third-order valence-corrected chi connectivity index (χ3v) is 3.19. The van der Waals surface area contributed by atoms with Crippen LogP contribution in [0.25, 0.3) is 11.0 Å². The Balaban J connectivity index is 0.00000200. The molecule has 0 saturated heterocycles. The molecule has 112 valence electrons. The van der Waals surface area contributed by atoms with Crippen LogP contribution in [0.2, 0.25) is 0 Å². The number of nitrogens with zero attached hydrogens (tertiary/aromatic N) is 1. The fourth-order valence-electron chi connectivity index (χ4n) is 2.24. The first-order valence-electron chi connectivity index (χ1n) is 6.47. The maximum Gasteiger partial charge on any atom is 0.326 e. The monoisotopic (exact) mass is 299 g/mol. The number of ether oxygens (including phenoxy) is 1. The van der Waals surface area contributed by atoms with Crippen LogP contribution in [0.5, 0.6) is 5.75 Å². The van der Waals surface area contributed by atoms with Gasteiger partial charge in [-0.15, -0.1) is 12.4 Å². The van der Waals surface area contributed by atoms with Crippen LogP contribution < -0.4 is 16.2 Å². The number of benzene rings is 1. The first kappa shape index (κ1) is 16.6. The quantitative estimate of drug-likeness (QED) is 0.889. The van der Waals surface area contributed by atoms with Gasteiger partial charge in [0, 0.05) is 12.1 Å². The Bertz CT molecular complexity index is 625. The first-order chi connectivity index (χ1) is 8.92. The van der Waals surface area contributed by atoms with Gasteiger partial charge >= 0.3 is 5.69 Å². The molecular weight excluding hydrogens is 278 g/mol. The molecule has 0 bridgehead atoms. The van der Waals surface area contributed by atoms with Gasteiger partial charge in [-0.2, -0.15) is 0 Å². The maximum absolute atomic E-state index is 12.0. The smallest absolute Gasteiger partial charge is 0.326 e. The predicted molar refractivity (Wildman–Crippen MR) is 83.9 cm³/mol. The normalized spacial score (nSPS) is 11.4. The number of nitrogens with one attached hydrogen (secondary N) is 1. The van der Waals surface area contributed by atoms with Gasteiger partial charge in [-0.3, -0.25) is 4.57 Å². The number of rotatable bonds is 5. The largest absolute Gasteiger partial charge is 0.494 e. The summed E-state index contributed by atoms with van der Waals surface area (Å²) in [5, 5.41) is 0. The van der Waals surface area contributed by atoms with Crippen LogP contribution in [0.15, 0.2) is 23.0 Å². The number of aryl methyl sites for hydroxylation is 1. The highest BCUT2D eigenvalue weighted by Gasteiger charge is 2.13. The average Bonchev–Trinajstić information content (AvgIpc) is 2.64. The lowest BCUT2D eigenvalue weighted by Gasteiger charge is -2.17. The highest BCUT2D eigenvalue weighted by Crippen LogP contribution is 2.22. The number of fused-ring (bicyclic) bond motifs is 1. The van der Waals surface area contributed by atoms with E-state index < -0.39 is 0 Å². The Morgan fingerprint density at radius 1 is 1.40 bits per heavy atom. The van der Waals surface area contributed by atoms with Gasteiger partial charge in [0.05, 0.1) is 12.6 Å². The van der Waals surface area contributed by atoms with Crippen molar-refractivity contribution in [2.75, 3.05) is 7.11 Å². The Morgan fingerprint density at radius 3 is 2.70 bits per heavy atom. The summed E-state index contributed by atoms with van der Waals surface area (Å²) in [6, 6.07) is 5.65. The van der Waals surface area contributed by atoms with Crippen LogP contribution in [0.3, 0.4) is 0 Å². The van der Waals surface area contributed by atoms with Gasteiger partial charge < -0.3 is 15.5 Å². The van der Waals surface area contributed by atoms with E-state index in [1.165, 1.54) is 0 Å². The summed E-state index contributed by atoms with van der Waals surface area (Å²) in [7, 11) is 1.60. The van der Waals surface area contributed by atoms with E-state index in [4.69, 9.17) is 10.5 Å². The number of hydrogen-bond donors (Lipinski definition) is 2. The summed E-state index contributed by atoms with van der Waals surface area (Å²) in [4.78, 5) is 14.8. The molecule has 0 aliphatic heterocycles. The van der Waals surface area contributed by atoms with Crippen molar-refractivity contribution < 1.29 is 4.74 Å². The second kappa shape index (κ2) is 6.33. The Labute approximate surface area is 124 Å². The Hall–Kier alpha value is -1.46. The highest BCUT2D eigenvalue weighted by atomic mass is 35.5. The molecule has 1 aromatic heterocycles. The van der Waals surface area contributed by atoms with Crippen molar-refractivity contribution in [2.45, 2.75) is 38.8 Å². The summed E-state index contributed by atoms with van der Waals surface area (Å²) in [5.41, 5.74) is 7.28. The minimum Gasteiger partial charge on any atom is -0.494 e. The van der Waals surface area contributed by atoms with Crippen molar-refractivity contribution in [3.63, 3.8) is 0 Å². The zero-order valence-electron chi connectivity index (χ0n) is 12.1. The lowest BCUT2D eigenvalue weighted by molar-refractivity contribution is 0.419. The molecule has 20 heavy (non-hydrogen) atoms. The van der Waals surface area contributed by atoms with Gasteiger partial charge in [0.2, 0.25) is 0 Å². The molecule has 6 heteroatoms. The molecule has 3 N–H and O–H groups in total. The summed E-state index contributed by atoms with van der Waals surface area (Å²) in [5.74, 6) is 0.688. The Kier molecular flexibility index (Phi) is 5.25. The molecule has 0 unspecified atom stereocenters. The number of aromatic amines is 1. The van der Waals surface area contributed by atoms with Gasteiger partial charge in [-0.05, 0) is 38.8 Å². The third kappa shape index (κ3) is 3.55. The lowest BCUT2D eigenvalue weighted by Crippen LogP contribution is -2.32. The van der Waals surface area contributed by atoms with Crippen molar-refractivity contribution in [3.05, 3.63) is 28.7 Å². The number of imidazole rings is 1. The van der Waals surface area contributed by atoms with Crippen LogP contribution in [0, 0.1) is 0 Å². The summed E-state index contributed by atoms with van der Waals surface area (Å²) < 4.78 is 6.99. The number of hydrogen-bond acceptors (Lipinski definition) is 3. The molecule has 0 aliphatic carbocycles. The fraction of sp³-hybridized carbons (Fsp3) is 0.500. The number of nitrogens with two attached hydrogens (primary N) is 1. The molecule has 2 rings (SSSR count). The predicted octanol–water partition coefficient (Wildman–Crippen LogP) is 2.28. The number of halogens is 1. The minimum absolute atomic E-state index is 0. The van der Waals surface area contributed by atoms with E-state index >= 15 is 0 Å². The molecular formula is C14H22ClN3O2. The molecule has 1 aromatic carbocycles. The molecule has 0 radical (unpaired) electrons. The van der Waals surface area contributed by atoms with Gasteiger partial charge in [-0.25, -0.2) is 4.79 Å². The maximum atomic E-state index is 12.0. The lowest BCUT2D eigenvalue weighted by atomic mass is 10.0. The molecule has 0 amide bonds. The standard InChI is InChI=1S/C14H21N3O2.ClH/c1-14(2,15)8-5-9-17-10-6-4-7-11(19-3)12(10)16-13(17)18;/h4,6-7H,5,8-9,15H2,1-3H3,(H,16,18);1H. The second-order valence-corrected chi connectivity index (χ2v) is 5.53. The minimum atomic E-state index is -0.201. The van der Waals surface area contributed by atoms with E-state index in [0.717, 1.165) is 23.9 Å². The number of para-hydroxylation sites is 1. The molecule has 0 aliphatic rings. The van der Waals surface area contributed by atoms with Gasteiger partial charge in [-0.1, -0.05) is 6.07 Å². The Morgan fingerprint density at radius 2 is 2.10 bits per heavy atom. The topological polar surface area (TPSA) is 73.0 Å². The van der Waals surface area contributed by atoms with Gasteiger partial charge in [0.25, 0.3) is 0 Å². The van der Waals surface area contributed by atoms with Crippen LogP contribution >= 0.6 is 12.4 Å². The molecule has 0 fully saturated rings. The van der Waals surface area contributed by atoms with Crippen LogP contribution in [0.4, 0.5) is 0 Å². The van der Waals surface area contributed by atoms with E-state index in [1.54, 1.807) is 11.7 Å². The van der Waals surface area contributed by atoms with Gasteiger partial charge in [0.15, 0.2) is 0 Å². The average molecular weight is 300 g/mol. The first-order valence-corrected chi connectivity index (χ1v) is 6.47. The molecule has 0 atom stereocenters. The third-order valence-electron chi connectivity index (χ3n) is 3.19. The van der Waals surface area contributed by atoms with Crippen molar-refractivity contribution in [1.29, 1.82) is 0 Å². The van der Waals surface area contributed by atoms with E-state index in [9.17, 15) is 4.79 Å².